The van der Waals surface area contributed by atoms with Gasteiger partial charge in [0, 0.05) is 11.0 Å². The summed E-state index contributed by atoms with van der Waals surface area (Å²) in [7, 11) is 0. The summed E-state index contributed by atoms with van der Waals surface area (Å²) >= 11 is 9.38. The van der Waals surface area contributed by atoms with E-state index in [9.17, 15) is 0 Å². The number of nitrogens with zero attached hydrogens (tertiary/aromatic N) is 3. The van der Waals surface area contributed by atoms with Gasteiger partial charge in [-0.05, 0) is 23.2 Å². The van der Waals surface area contributed by atoms with Gasteiger partial charge in [-0.25, -0.2) is 0 Å². The van der Waals surface area contributed by atoms with E-state index in [0.717, 1.165) is 15.4 Å². The fourth-order valence-electron chi connectivity index (χ4n) is 1.76. The molecule has 0 aliphatic rings. The van der Waals surface area contributed by atoms with Crippen LogP contribution in [-0.2, 0) is 6.54 Å². The number of anilines is 1. The number of hydrogen-bond acceptors (Lipinski definition) is 4. The van der Waals surface area contributed by atoms with Gasteiger partial charge in [0.1, 0.15) is 5.82 Å². The van der Waals surface area contributed by atoms with Gasteiger partial charge in [-0.3, -0.25) is 5.10 Å². The van der Waals surface area contributed by atoms with E-state index in [1.54, 1.807) is 6.20 Å². The van der Waals surface area contributed by atoms with E-state index in [2.05, 4.69) is 41.4 Å². The third-order valence-corrected chi connectivity index (χ3v) is 3.63. The van der Waals surface area contributed by atoms with E-state index in [1.807, 2.05) is 24.3 Å². The number of fused-ring (bicyclic) bond motifs is 1. The van der Waals surface area contributed by atoms with Gasteiger partial charge in [-0.2, -0.15) is 15.1 Å². The molecular weight excluding hydrogens is 330 g/mol. The Hall–Kier alpha value is -1.66. The van der Waals surface area contributed by atoms with Crippen molar-refractivity contribution in [1.82, 2.24) is 20.2 Å². The molecule has 2 heterocycles. The number of rotatable bonds is 3. The molecule has 0 atom stereocenters. The maximum atomic E-state index is 5.87. The molecule has 0 bridgehead atoms. The Balaban J connectivity index is 1.90. The number of nitrogens with one attached hydrogen (secondary N) is 2. The molecule has 0 fully saturated rings. The van der Waals surface area contributed by atoms with Crippen LogP contribution in [0.1, 0.15) is 5.56 Å². The Kier molecular flexibility index (Phi) is 3.35. The second kappa shape index (κ2) is 5.14. The molecule has 3 aromatic rings. The Morgan fingerprint density at radius 1 is 1.26 bits per heavy atom. The molecule has 2 aromatic heterocycles. The average Bonchev–Trinajstić information content (AvgIpc) is 2.85. The van der Waals surface area contributed by atoms with Gasteiger partial charge in [0.05, 0.1) is 11.6 Å². The molecule has 0 spiro atoms. The number of hydrogen-bond donors (Lipinski definition) is 2. The number of H-pyrrole nitrogens is 1. The second-order valence-electron chi connectivity index (χ2n) is 3.92. The van der Waals surface area contributed by atoms with Gasteiger partial charge in [-0.1, -0.05) is 34.1 Å². The Bertz CT molecular complexity index is 727. The minimum absolute atomic E-state index is 0.186. The zero-order valence-corrected chi connectivity index (χ0v) is 12.0. The van der Waals surface area contributed by atoms with Gasteiger partial charge >= 0.3 is 0 Å². The molecule has 1 aromatic carbocycles. The summed E-state index contributed by atoms with van der Waals surface area (Å²) in [6.07, 6.45) is 1.67. The van der Waals surface area contributed by atoms with Crippen LogP contribution in [0.3, 0.4) is 0 Å². The van der Waals surface area contributed by atoms with Crippen molar-refractivity contribution < 1.29 is 0 Å². The normalized spacial score (nSPS) is 10.8. The second-order valence-corrected chi connectivity index (χ2v) is 5.11. The van der Waals surface area contributed by atoms with Crippen molar-refractivity contribution in [2.45, 2.75) is 6.54 Å². The smallest absolute Gasteiger partial charge is 0.226 e. The predicted octanol–water partition coefficient (Wildman–Crippen LogP) is 3.38. The zero-order chi connectivity index (χ0) is 13.2. The molecule has 0 unspecified atom stereocenters. The number of benzene rings is 1. The predicted molar refractivity (Wildman–Crippen MR) is 78.2 cm³/mol. The standard InChI is InChI=1S/C12H9BrClN5/c13-9-4-2-1-3-7(9)5-15-10-8-6-16-19-11(8)18-12(14)17-10/h1-4,6H,5H2,(H2,15,16,17,18,19). The Morgan fingerprint density at radius 2 is 2.11 bits per heavy atom. The minimum atomic E-state index is 0.186. The third-order valence-electron chi connectivity index (χ3n) is 2.69. The van der Waals surface area contributed by atoms with Crippen LogP contribution in [0.5, 0.6) is 0 Å². The molecule has 0 aliphatic carbocycles. The quantitative estimate of drug-likeness (QED) is 0.719. The monoisotopic (exact) mass is 337 g/mol. The van der Waals surface area contributed by atoms with Crippen molar-refractivity contribution in [2.24, 2.45) is 0 Å². The lowest BCUT2D eigenvalue weighted by Crippen LogP contribution is -2.03. The summed E-state index contributed by atoms with van der Waals surface area (Å²) in [4.78, 5) is 8.24. The molecular formula is C12H9BrClN5. The van der Waals surface area contributed by atoms with E-state index in [0.29, 0.717) is 18.0 Å². The van der Waals surface area contributed by atoms with E-state index >= 15 is 0 Å². The van der Waals surface area contributed by atoms with Crippen molar-refractivity contribution >= 4 is 44.4 Å². The molecule has 5 nitrogen and oxygen atoms in total. The van der Waals surface area contributed by atoms with E-state index < -0.39 is 0 Å². The number of aromatic amines is 1. The van der Waals surface area contributed by atoms with Crippen LogP contribution in [0.2, 0.25) is 5.28 Å². The molecule has 96 valence electrons. The van der Waals surface area contributed by atoms with Crippen LogP contribution in [0.25, 0.3) is 11.0 Å². The lowest BCUT2D eigenvalue weighted by molar-refractivity contribution is 1.08. The number of halogens is 2. The van der Waals surface area contributed by atoms with Crippen LogP contribution in [0.4, 0.5) is 5.82 Å². The van der Waals surface area contributed by atoms with E-state index in [4.69, 9.17) is 11.6 Å². The summed E-state index contributed by atoms with van der Waals surface area (Å²) in [6.45, 7) is 0.634. The van der Waals surface area contributed by atoms with Gasteiger partial charge in [-0.15, -0.1) is 0 Å². The first kappa shape index (κ1) is 12.4. The average molecular weight is 339 g/mol. The molecule has 0 amide bonds. The van der Waals surface area contributed by atoms with E-state index in [-0.39, 0.29) is 5.28 Å². The molecule has 2 N–H and O–H groups in total. The van der Waals surface area contributed by atoms with Crippen molar-refractivity contribution in [2.75, 3.05) is 5.32 Å². The lowest BCUT2D eigenvalue weighted by Gasteiger charge is -2.08. The summed E-state index contributed by atoms with van der Waals surface area (Å²) < 4.78 is 1.05. The highest BCUT2D eigenvalue weighted by Crippen LogP contribution is 2.22. The van der Waals surface area contributed by atoms with Crippen molar-refractivity contribution in [1.29, 1.82) is 0 Å². The maximum absolute atomic E-state index is 5.87. The minimum Gasteiger partial charge on any atom is -0.365 e. The summed E-state index contributed by atoms with van der Waals surface area (Å²) in [6, 6.07) is 8.00. The SMILES string of the molecule is Clc1nc(NCc2ccccc2Br)c2cn[nH]c2n1. The van der Waals surface area contributed by atoms with Crippen molar-refractivity contribution in [3.05, 3.63) is 45.8 Å². The fourth-order valence-corrected chi connectivity index (χ4v) is 2.36. The van der Waals surface area contributed by atoms with Crippen molar-refractivity contribution in [3.8, 4) is 0 Å². The highest BCUT2D eigenvalue weighted by atomic mass is 79.9. The van der Waals surface area contributed by atoms with Gasteiger partial charge in [0.25, 0.3) is 0 Å². The molecule has 0 radical (unpaired) electrons. The molecule has 19 heavy (non-hydrogen) atoms. The molecule has 0 aliphatic heterocycles. The molecule has 3 rings (SSSR count). The summed E-state index contributed by atoms with van der Waals surface area (Å²) in [5.41, 5.74) is 1.75. The van der Waals surface area contributed by atoms with E-state index in [1.165, 1.54) is 0 Å². The summed E-state index contributed by atoms with van der Waals surface area (Å²) in [5.74, 6) is 0.666. The molecule has 0 saturated heterocycles. The maximum Gasteiger partial charge on any atom is 0.226 e. The van der Waals surface area contributed by atoms with Crippen LogP contribution >= 0.6 is 27.5 Å². The molecule has 7 heteroatoms. The fraction of sp³-hybridized carbons (Fsp3) is 0.0833. The van der Waals surface area contributed by atoms with Crippen LogP contribution in [-0.4, -0.2) is 20.2 Å². The van der Waals surface area contributed by atoms with Gasteiger partial charge in [0.2, 0.25) is 5.28 Å². The third kappa shape index (κ3) is 2.54. The van der Waals surface area contributed by atoms with Crippen LogP contribution in [0.15, 0.2) is 34.9 Å². The Morgan fingerprint density at radius 3 is 2.95 bits per heavy atom. The van der Waals surface area contributed by atoms with Crippen molar-refractivity contribution in [3.63, 3.8) is 0 Å². The van der Waals surface area contributed by atoms with Gasteiger partial charge in [0.15, 0.2) is 5.65 Å². The zero-order valence-electron chi connectivity index (χ0n) is 9.69. The highest BCUT2D eigenvalue weighted by molar-refractivity contribution is 9.10. The number of aromatic nitrogens is 4. The van der Waals surface area contributed by atoms with Crippen LogP contribution < -0.4 is 5.32 Å². The summed E-state index contributed by atoms with van der Waals surface area (Å²) in [5, 5.41) is 11.0. The van der Waals surface area contributed by atoms with Crippen LogP contribution in [0, 0.1) is 0 Å². The first-order valence-electron chi connectivity index (χ1n) is 5.58. The largest absolute Gasteiger partial charge is 0.365 e. The highest BCUT2D eigenvalue weighted by Gasteiger charge is 2.08. The first-order chi connectivity index (χ1) is 9.24. The molecule has 0 saturated carbocycles. The Labute approximate surface area is 122 Å². The lowest BCUT2D eigenvalue weighted by atomic mass is 10.2. The topological polar surface area (TPSA) is 66.5 Å². The first-order valence-corrected chi connectivity index (χ1v) is 6.75. The van der Waals surface area contributed by atoms with Gasteiger partial charge < -0.3 is 5.32 Å².